The van der Waals surface area contributed by atoms with E-state index in [2.05, 4.69) is 55.2 Å². The van der Waals surface area contributed by atoms with Crippen molar-refractivity contribution in [1.29, 1.82) is 0 Å². The maximum absolute atomic E-state index is 13.5. The van der Waals surface area contributed by atoms with Crippen molar-refractivity contribution in [2.75, 3.05) is 13.1 Å². The molecule has 0 aliphatic rings. The van der Waals surface area contributed by atoms with E-state index in [-0.39, 0.29) is 24.4 Å². The topological polar surface area (TPSA) is 56.4 Å². The predicted molar refractivity (Wildman–Crippen MR) is 135 cm³/mol. The summed E-state index contributed by atoms with van der Waals surface area (Å²) in [7, 11) is 0. The molecule has 2 aromatic carbocycles. The molecule has 176 valence electrons. The number of amides is 2. The third-order valence-electron chi connectivity index (χ3n) is 6.17. The number of H-pyrrole nitrogens is 1. The lowest BCUT2D eigenvalue weighted by Crippen LogP contribution is -2.46. The van der Waals surface area contributed by atoms with Gasteiger partial charge in [-0.2, -0.15) is 0 Å². The van der Waals surface area contributed by atoms with E-state index in [1.54, 1.807) is 4.90 Å². The minimum Gasteiger partial charge on any atom is -0.361 e. The largest absolute Gasteiger partial charge is 0.361 e. The molecule has 0 spiro atoms. The summed E-state index contributed by atoms with van der Waals surface area (Å²) in [5.41, 5.74) is 4.60. The van der Waals surface area contributed by atoms with E-state index >= 15 is 0 Å². The molecule has 5 heteroatoms. The number of aryl methyl sites for hydroxylation is 1. The van der Waals surface area contributed by atoms with Crippen LogP contribution >= 0.6 is 0 Å². The second kappa shape index (κ2) is 11.7. The van der Waals surface area contributed by atoms with Gasteiger partial charge < -0.3 is 14.8 Å². The van der Waals surface area contributed by atoms with Crippen molar-refractivity contribution >= 4 is 22.7 Å². The highest BCUT2D eigenvalue weighted by Gasteiger charge is 2.23. The van der Waals surface area contributed by atoms with Crippen molar-refractivity contribution < 1.29 is 9.59 Å². The summed E-state index contributed by atoms with van der Waals surface area (Å²) in [4.78, 5) is 33.1. The molecule has 0 bridgehead atoms. The Kier molecular flexibility index (Phi) is 8.70. The van der Waals surface area contributed by atoms with Crippen molar-refractivity contribution in [2.45, 2.75) is 66.0 Å². The van der Waals surface area contributed by atoms with E-state index in [0.29, 0.717) is 19.5 Å². The molecule has 0 unspecified atom stereocenters. The van der Waals surface area contributed by atoms with Crippen LogP contribution in [0.4, 0.5) is 0 Å². The van der Waals surface area contributed by atoms with E-state index in [0.717, 1.165) is 30.3 Å². The fourth-order valence-corrected chi connectivity index (χ4v) is 4.08. The maximum Gasteiger partial charge on any atom is 0.242 e. The Bertz CT molecular complexity index is 1050. The third-order valence-corrected chi connectivity index (χ3v) is 6.17. The first-order valence-electron chi connectivity index (χ1n) is 12.1. The fraction of sp³-hybridized carbons (Fsp3) is 0.429. The zero-order valence-corrected chi connectivity index (χ0v) is 20.4. The van der Waals surface area contributed by atoms with Crippen molar-refractivity contribution in [3.05, 3.63) is 71.4 Å². The number of hydrogen-bond acceptors (Lipinski definition) is 2. The molecule has 0 fully saturated rings. The van der Waals surface area contributed by atoms with Gasteiger partial charge in [-0.05, 0) is 50.8 Å². The molecule has 2 amide bonds. The maximum atomic E-state index is 13.5. The number of carbonyl (C=O) groups excluding carboxylic acids is 2. The first-order chi connectivity index (χ1) is 15.9. The van der Waals surface area contributed by atoms with Gasteiger partial charge in [-0.1, -0.05) is 61.4 Å². The molecule has 1 heterocycles. The highest BCUT2D eigenvalue weighted by atomic mass is 16.2. The smallest absolute Gasteiger partial charge is 0.242 e. The normalized spacial score (nSPS) is 11.2. The van der Waals surface area contributed by atoms with Gasteiger partial charge in [-0.15, -0.1) is 0 Å². The molecular weight excluding hydrogens is 410 g/mol. The average Bonchev–Trinajstić information content (AvgIpc) is 3.22. The number of aromatic nitrogens is 1. The van der Waals surface area contributed by atoms with Gasteiger partial charge in [0, 0.05) is 42.7 Å². The Morgan fingerprint density at radius 2 is 1.73 bits per heavy atom. The Balaban J connectivity index is 1.76. The van der Waals surface area contributed by atoms with Crippen LogP contribution in [0.25, 0.3) is 10.9 Å². The SMILES string of the molecule is CCCCC(=O)N(CC(=O)N(CCc1c[nH]c2ccccc12)Cc1ccc(C)cc1)C(C)C. The van der Waals surface area contributed by atoms with Crippen LogP contribution in [-0.2, 0) is 22.6 Å². The van der Waals surface area contributed by atoms with Crippen molar-refractivity contribution in [3.8, 4) is 0 Å². The molecule has 0 atom stereocenters. The van der Waals surface area contributed by atoms with Crippen LogP contribution < -0.4 is 0 Å². The summed E-state index contributed by atoms with van der Waals surface area (Å²) in [5.74, 6) is 0.0566. The number of unbranched alkanes of at least 4 members (excludes halogenated alkanes) is 1. The second-order valence-corrected chi connectivity index (χ2v) is 9.13. The number of para-hydroxylation sites is 1. The molecule has 0 radical (unpaired) electrons. The molecule has 0 aliphatic heterocycles. The van der Waals surface area contributed by atoms with Crippen LogP contribution in [0, 0.1) is 6.92 Å². The highest BCUT2D eigenvalue weighted by molar-refractivity contribution is 5.85. The number of nitrogens with zero attached hydrogens (tertiary/aromatic N) is 2. The zero-order valence-electron chi connectivity index (χ0n) is 20.4. The van der Waals surface area contributed by atoms with Gasteiger partial charge in [0.2, 0.25) is 11.8 Å². The molecule has 1 aromatic heterocycles. The Morgan fingerprint density at radius 3 is 2.42 bits per heavy atom. The monoisotopic (exact) mass is 447 g/mol. The van der Waals surface area contributed by atoms with Gasteiger partial charge >= 0.3 is 0 Å². The molecule has 0 saturated heterocycles. The zero-order chi connectivity index (χ0) is 23.8. The summed E-state index contributed by atoms with van der Waals surface area (Å²) >= 11 is 0. The summed E-state index contributed by atoms with van der Waals surface area (Å²) in [5, 5.41) is 1.19. The van der Waals surface area contributed by atoms with Gasteiger partial charge in [0.25, 0.3) is 0 Å². The Hall–Kier alpha value is -3.08. The van der Waals surface area contributed by atoms with E-state index < -0.39 is 0 Å². The second-order valence-electron chi connectivity index (χ2n) is 9.13. The van der Waals surface area contributed by atoms with Crippen molar-refractivity contribution in [2.24, 2.45) is 0 Å². The van der Waals surface area contributed by atoms with E-state index in [4.69, 9.17) is 0 Å². The molecule has 5 nitrogen and oxygen atoms in total. The third kappa shape index (κ3) is 6.70. The minimum absolute atomic E-state index is 0.00559. The van der Waals surface area contributed by atoms with Crippen molar-refractivity contribution in [1.82, 2.24) is 14.8 Å². The van der Waals surface area contributed by atoms with Gasteiger partial charge in [0.1, 0.15) is 0 Å². The molecule has 0 aliphatic carbocycles. The summed E-state index contributed by atoms with van der Waals surface area (Å²) < 4.78 is 0. The Labute approximate surface area is 197 Å². The lowest BCUT2D eigenvalue weighted by molar-refractivity contribution is -0.142. The van der Waals surface area contributed by atoms with E-state index in [1.165, 1.54) is 16.5 Å². The van der Waals surface area contributed by atoms with Gasteiger partial charge in [0.05, 0.1) is 6.54 Å². The van der Waals surface area contributed by atoms with E-state index in [9.17, 15) is 9.59 Å². The number of aromatic amines is 1. The number of benzene rings is 2. The number of rotatable bonds is 11. The number of hydrogen-bond donors (Lipinski definition) is 1. The van der Waals surface area contributed by atoms with Crippen LogP contribution in [0.5, 0.6) is 0 Å². The molecule has 0 saturated carbocycles. The van der Waals surface area contributed by atoms with E-state index in [1.807, 2.05) is 37.1 Å². The number of nitrogens with one attached hydrogen (secondary N) is 1. The van der Waals surface area contributed by atoms with Crippen LogP contribution in [0.3, 0.4) is 0 Å². The van der Waals surface area contributed by atoms with Crippen LogP contribution in [0.1, 0.15) is 56.7 Å². The van der Waals surface area contributed by atoms with Crippen LogP contribution in [0.15, 0.2) is 54.7 Å². The van der Waals surface area contributed by atoms with Gasteiger partial charge in [0.15, 0.2) is 0 Å². The lowest BCUT2D eigenvalue weighted by atomic mass is 10.1. The summed E-state index contributed by atoms with van der Waals surface area (Å²) in [6.07, 6.45) is 5.11. The Morgan fingerprint density at radius 1 is 1.00 bits per heavy atom. The molecule has 3 aromatic rings. The fourth-order valence-electron chi connectivity index (χ4n) is 4.08. The molecular formula is C28H37N3O2. The highest BCUT2D eigenvalue weighted by Crippen LogP contribution is 2.19. The first-order valence-corrected chi connectivity index (χ1v) is 12.1. The quantitative estimate of drug-likeness (QED) is 0.423. The number of carbonyl (C=O) groups is 2. The van der Waals surface area contributed by atoms with Crippen LogP contribution in [-0.4, -0.2) is 45.7 Å². The van der Waals surface area contributed by atoms with Gasteiger partial charge in [-0.25, -0.2) is 0 Å². The summed E-state index contributed by atoms with van der Waals surface area (Å²) in [6.45, 7) is 9.36. The number of fused-ring (bicyclic) bond motifs is 1. The predicted octanol–water partition coefficient (Wildman–Crippen LogP) is 5.47. The van der Waals surface area contributed by atoms with Crippen molar-refractivity contribution in [3.63, 3.8) is 0 Å². The van der Waals surface area contributed by atoms with Crippen LogP contribution in [0.2, 0.25) is 0 Å². The first kappa shape index (κ1) is 24.6. The lowest BCUT2D eigenvalue weighted by Gasteiger charge is -2.30. The molecule has 3 rings (SSSR count). The molecule has 33 heavy (non-hydrogen) atoms. The average molecular weight is 448 g/mol. The van der Waals surface area contributed by atoms with Gasteiger partial charge in [-0.3, -0.25) is 9.59 Å². The summed E-state index contributed by atoms with van der Waals surface area (Å²) in [6, 6.07) is 16.5. The molecule has 1 N–H and O–H groups in total. The minimum atomic E-state index is -0.00634. The standard InChI is InChI=1S/C28H37N3O2/c1-5-6-11-27(32)31(21(2)3)20-28(33)30(19-23-14-12-22(4)13-15-23)17-16-24-18-29-26-10-8-7-9-25(24)26/h7-10,12-15,18,21,29H,5-6,11,16-17,19-20H2,1-4H3.